The Kier molecular flexibility index (Phi) is 11.4. The first-order chi connectivity index (χ1) is 18.7. The van der Waals surface area contributed by atoms with Crippen molar-refractivity contribution in [1.29, 1.82) is 0 Å². The van der Waals surface area contributed by atoms with Gasteiger partial charge in [-0.3, -0.25) is 14.6 Å². The van der Waals surface area contributed by atoms with Gasteiger partial charge in [0.15, 0.2) is 0 Å². The zero-order valence-corrected chi connectivity index (χ0v) is 23.2. The molecule has 0 aliphatic heterocycles. The number of nitrogens with two attached hydrogens (primary N) is 3. The summed E-state index contributed by atoms with van der Waals surface area (Å²) in [6.45, 7) is 2.84. The van der Waals surface area contributed by atoms with Gasteiger partial charge in [0.25, 0.3) is 0 Å². The van der Waals surface area contributed by atoms with Gasteiger partial charge in [0, 0.05) is 24.4 Å². The van der Waals surface area contributed by atoms with E-state index in [0.717, 1.165) is 40.5 Å². The molecule has 9 heteroatoms. The molecule has 39 heavy (non-hydrogen) atoms. The Labute approximate surface area is 231 Å². The minimum absolute atomic E-state index is 0.263. The van der Waals surface area contributed by atoms with Gasteiger partial charge in [-0.05, 0) is 43.4 Å². The molecule has 1 aromatic heterocycles. The summed E-state index contributed by atoms with van der Waals surface area (Å²) in [5.41, 5.74) is 20.4. The Morgan fingerprint density at radius 2 is 1.64 bits per heavy atom. The third-order valence-electron chi connectivity index (χ3n) is 7.09. The second-order valence-electron chi connectivity index (χ2n) is 10.9. The summed E-state index contributed by atoms with van der Waals surface area (Å²) in [5, 5.41) is 6.76. The number of hydrogen-bond donors (Lipinski definition) is 5. The van der Waals surface area contributed by atoms with Crippen LogP contribution in [-0.2, 0) is 16.0 Å². The van der Waals surface area contributed by atoms with Crippen LogP contribution in [0.15, 0.2) is 66.9 Å². The number of nitrogens with zero attached hydrogens (tertiary/aromatic N) is 2. The smallest absolute Gasteiger partial charge is 0.247 e. The molecule has 9 nitrogen and oxygen atoms in total. The number of anilines is 1. The number of carbonyl (C=O) groups is 2. The van der Waals surface area contributed by atoms with Crippen LogP contribution in [0.25, 0.3) is 10.9 Å². The average Bonchev–Trinajstić information content (AvgIpc) is 2.94. The molecule has 2 atom stereocenters. The summed E-state index contributed by atoms with van der Waals surface area (Å²) >= 11 is 0. The monoisotopic (exact) mass is 534 g/mol. The maximum Gasteiger partial charge on any atom is 0.247 e. The molecule has 0 aliphatic carbocycles. The van der Waals surface area contributed by atoms with E-state index in [1.165, 1.54) is 0 Å². The summed E-state index contributed by atoms with van der Waals surface area (Å²) in [6.07, 6.45) is 4.00. The molecule has 0 saturated heterocycles. The van der Waals surface area contributed by atoms with Crippen molar-refractivity contribution in [1.82, 2.24) is 10.3 Å². The first-order valence-corrected chi connectivity index (χ1v) is 13.7. The van der Waals surface area contributed by atoms with Crippen molar-refractivity contribution in [2.75, 3.05) is 45.6 Å². The highest BCUT2D eigenvalue weighted by molar-refractivity contribution is 5.98. The van der Waals surface area contributed by atoms with Gasteiger partial charge in [0.05, 0.1) is 50.6 Å². The lowest BCUT2D eigenvalue weighted by Gasteiger charge is -2.33. The summed E-state index contributed by atoms with van der Waals surface area (Å²) < 4.78 is 0.759. The predicted molar refractivity (Wildman–Crippen MR) is 158 cm³/mol. The predicted octanol–water partition coefficient (Wildman–Crippen LogP) is 2.01. The molecule has 210 valence electrons. The van der Waals surface area contributed by atoms with E-state index in [9.17, 15) is 9.59 Å². The minimum Gasteiger partial charge on any atom is -0.343 e. The van der Waals surface area contributed by atoms with E-state index in [-0.39, 0.29) is 17.7 Å². The molecule has 0 radical (unpaired) electrons. The standard InChI is InChI=1S/C30H43N7O2/c1-37(2,21-23(18-31)19-32)16-8-12-26(33)29(38)36-28(15-14-22-9-4-3-5-10-22)30(39)35-25-17-24-11-6-7-13-27(24)34-20-25/h3-7,9-11,13,17,20,23,26,28H,8,12,14-16,18-19,21,31-33H2,1-2H3,(H-,35,36,38,39)/p+1/t26-,28-/m0/s1. The lowest BCUT2D eigenvalue weighted by molar-refractivity contribution is -0.893. The zero-order valence-electron chi connectivity index (χ0n) is 23.2. The largest absolute Gasteiger partial charge is 0.343 e. The van der Waals surface area contributed by atoms with Crippen LogP contribution in [0.5, 0.6) is 0 Å². The Hall–Kier alpha value is -3.37. The highest BCUT2D eigenvalue weighted by Gasteiger charge is 2.25. The van der Waals surface area contributed by atoms with E-state index in [0.29, 0.717) is 38.0 Å². The van der Waals surface area contributed by atoms with Crippen LogP contribution in [0.1, 0.15) is 24.8 Å². The Balaban J connectivity index is 1.61. The molecule has 1 heterocycles. The molecule has 0 aliphatic rings. The number of amides is 2. The molecule has 2 aromatic carbocycles. The number of pyridine rings is 1. The molecule has 3 rings (SSSR count). The fraction of sp³-hybridized carbons (Fsp3) is 0.433. The number of nitrogens with one attached hydrogen (secondary N) is 2. The normalized spacial score (nSPS) is 13.3. The number of benzene rings is 2. The van der Waals surface area contributed by atoms with Gasteiger partial charge in [0.1, 0.15) is 6.04 Å². The molecule has 0 bridgehead atoms. The van der Waals surface area contributed by atoms with Crippen molar-refractivity contribution >= 4 is 28.4 Å². The third kappa shape index (κ3) is 9.71. The lowest BCUT2D eigenvalue weighted by atomic mass is 10.0. The van der Waals surface area contributed by atoms with Crippen molar-refractivity contribution in [3.8, 4) is 0 Å². The van der Waals surface area contributed by atoms with Gasteiger partial charge in [-0.25, -0.2) is 0 Å². The number of fused-ring (bicyclic) bond motifs is 1. The lowest BCUT2D eigenvalue weighted by Crippen LogP contribution is -2.51. The Morgan fingerprint density at radius 1 is 0.949 bits per heavy atom. The summed E-state index contributed by atoms with van der Waals surface area (Å²) in [5.74, 6) is -0.360. The fourth-order valence-corrected chi connectivity index (χ4v) is 4.78. The van der Waals surface area contributed by atoms with Crippen molar-refractivity contribution in [2.45, 2.75) is 37.8 Å². The van der Waals surface area contributed by atoms with Gasteiger partial charge in [0.2, 0.25) is 11.8 Å². The number of para-hydroxylation sites is 1. The molecule has 2 amide bonds. The second-order valence-corrected chi connectivity index (χ2v) is 10.9. The summed E-state index contributed by atoms with van der Waals surface area (Å²) in [7, 11) is 4.27. The molecule has 8 N–H and O–H groups in total. The van der Waals surface area contributed by atoms with Gasteiger partial charge < -0.3 is 32.3 Å². The first kappa shape index (κ1) is 30.2. The maximum atomic E-state index is 13.3. The van der Waals surface area contributed by atoms with E-state index < -0.39 is 12.1 Å². The van der Waals surface area contributed by atoms with Crippen LogP contribution in [0, 0.1) is 5.92 Å². The fourth-order valence-electron chi connectivity index (χ4n) is 4.78. The van der Waals surface area contributed by atoms with Crippen molar-refractivity contribution in [3.05, 3.63) is 72.4 Å². The topological polar surface area (TPSA) is 149 Å². The van der Waals surface area contributed by atoms with Crippen LogP contribution in [0.2, 0.25) is 0 Å². The molecule has 3 aromatic rings. The second kappa shape index (κ2) is 14.7. The van der Waals surface area contributed by atoms with E-state index >= 15 is 0 Å². The molecule has 0 unspecified atom stereocenters. The molecule has 0 saturated carbocycles. The molecular formula is C30H44N7O2+. The van der Waals surface area contributed by atoms with Gasteiger partial charge in [-0.1, -0.05) is 48.5 Å². The quantitative estimate of drug-likeness (QED) is 0.188. The zero-order chi connectivity index (χ0) is 28.3. The van der Waals surface area contributed by atoms with E-state index in [1.54, 1.807) is 6.20 Å². The SMILES string of the molecule is C[N+](C)(CCC[C@H](N)C(=O)N[C@@H](CCc1ccccc1)C(=O)Nc1cnc2ccccc2c1)CC(CN)CN. The van der Waals surface area contributed by atoms with Gasteiger partial charge in [-0.2, -0.15) is 0 Å². The van der Waals surface area contributed by atoms with Crippen LogP contribution in [-0.4, -0.2) is 73.6 Å². The number of carbonyl (C=O) groups excluding carboxylic acids is 2. The van der Waals surface area contributed by atoms with Crippen LogP contribution in [0.4, 0.5) is 5.69 Å². The van der Waals surface area contributed by atoms with E-state index in [4.69, 9.17) is 17.2 Å². The van der Waals surface area contributed by atoms with Crippen LogP contribution in [0.3, 0.4) is 0 Å². The van der Waals surface area contributed by atoms with E-state index in [2.05, 4.69) is 29.7 Å². The maximum absolute atomic E-state index is 13.3. The van der Waals surface area contributed by atoms with Crippen molar-refractivity contribution < 1.29 is 14.1 Å². The highest BCUT2D eigenvalue weighted by Crippen LogP contribution is 2.17. The van der Waals surface area contributed by atoms with E-state index in [1.807, 2.05) is 60.7 Å². The first-order valence-electron chi connectivity index (χ1n) is 13.7. The Morgan fingerprint density at radius 3 is 2.36 bits per heavy atom. The minimum atomic E-state index is -0.739. The number of aryl methyl sites for hydroxylation is 1. The van der Waals surface area contributed by atoms with Crippen LogP contribution < -0.4 is 27.8 Å². The Bertz CT molecular complexity index is 1200. The van der Waals surface area contributed by atoms with Crippen molar-refractivity contribution in [3.63, 3.8) is 0 Å². The number of hydrogen-bond acceptors (Lipinski definition) is 6. The van der Waals surface area contributed by atoms with Gasteiger partial charge in [-0.15, -0.1) is 0 Å². The number of aromatic nitrogens is 1. The summed E-state index contributed by atoms with van der Waals surface area (Å²) in [4.78, 5) is 30.8. The van der Waals surface area contributed by atoms with Crippen LogP contribution >= 0.6 is 0 Å². The summed E-state index contributed by atoms with van der Waals surface area (Å²) in [6, 6.07) is 18.0. The molecule has 0 fully saturated rings. The third-order valence-corrected chi connectivity index (χ3v) is 7.09. The number of quaternary nitrogens is 1. The average molecular weight is 535 g/mol. The highest BCUT2D eigenvalue weighted by atomic mass is 16.2. The molecular weight excluding hydrogens is 490 g/mol. The van der Waals surface area contributed by atoms with Crippen molar-refractivity contribution in [2.24, 2.45) is 23.1 Å². The molecule has 0 spiro atoms. The number of rotatable bonds is 15. The van der Waals surface area contributed by atoms with Gasteiger partial charge >= 0.3 is 0 Å².